The van der Waals surface area contributed by atoms with Crippen molar-refractivity contribution in [2.24, 2.45) is 4.99 Å². The first kappa shape index (κ1) is 18.9. The Labute approximate surface area is 152 Å². The second-order valence-corrected chi connectivity index (χ2v) is 6.29. The average molecular weight is 359 g/mol. The molecule has 2 rings (SSSR count). The van der Waals surface area contributed by atoms with Gasteiger partial charge in [-0.2, -0.15) is 0 Å². The monoisotopic (exact) mass is 359 g/mol. The first-order valence-corrected chi connectivity index (χ1v) is 9.41. The maximum atomic E-state index is 11.8. The van der Waals surface area contributed by atoms with Gasteiger partial charge in [0.2, 0.25) is 0 Å². The Bertz CT molecular complexity index is 643. The van der Waals surface area contributed by atoms with E-state index in [1.165, 1.54) is 11.3 Å². The molecule has 0 fully saturated rings. The molecule has 0 aliphatic carbocycles. The van der Waals surface area contributed by atoms with Gasteiger partial charge in [0, 0.05) is 44.5 Å². The molecule has 0 unspecified atom stereocenters. The summed E-state index contributed by atoms with van der Waals surface area (Å²) in [6.45, 7) is 4.90. The molecule has 0 saturated heterocycles. The molecule has 0 aliphatic heterocycles. The maximum absolute atomic E-state index is 11.8. The topological polar surface area (TPSA) is 78.4 Å². The number of guanidine groups is 1. The van der Waals surface area contributed by atoms with E-state index in [1.807, 2.05) is 42.6 Å². The minimum atomic E-state index is -0.0145. The van der Waals surface area contributed by atoms with E-state index in [9.17, 15) is 4.79 Å². The molecule has 1 amide bonds. The zero-order valence-electron chi connectivity index (χ0n) is 14.5. The molecule has 0 aromatic carbocycles. The molecule has 7 heteroatoms. The summed E-state index contributed by atoms with van der Waals surface area (Å²) >= 11 is 1.45. The molecule has 0 aliphatic rings. The van der Waals surface area contributed by atoms with Crippen LogP contribution in [0.5, 0.6) is 0 Å². The van der Waals surface area contributed by atoms with E-state index >= 15 is 0 Å². The Balaban J connectivity index is 1.65. The third-order valence-electron chi connectivity index (χ3n) is 3.38. The van der Waals surface area contributed by atoms with Crippen molar-refractivity contribution in [3.05, 3.63) is 52.5 Å². The van der Waals surface area contributed by atoms with Crippen LogP contribution in [0, 0.1) is 0 Å². The van der Waals surface area contributed by atoms with Crippen molar-refractivity contribution >= 4 is 23.2 Å². The van der Waals surface area contributed by atoms with Gasteiger partial charge in [0.1, 0.15) is 0 Å². The smallest absolute Gasteiger partial charge is 0.261 e. The Hall–Kier alpha value is -2.41. The van der Waals surface area contributed by atoms with E-state index in [-0.39, 0.29) is 5.91 Å². The number of nitrogens with zero attached hydrogens (tertiary/aromatic N) is 2. The average Bonchev–Trinajstić information content (AvgIpc) is 3.17. The summed E-state index contributed by atoms with van der Waals surface area (Å²) in [6.07, 6.45) is 3.45. The number of rotatable bonds is 9. The highest BCUT2D eigenvalue weighted by atomic mass is 32.1. The minimum absolute atomic E-state index is 0.0145. The molecule has 0 saturated carbocycles. The quantitative estimate of drug-likeness (QED) is 0.364. The summed E-state index contributed by atoms with van der Waals surface area (Å²) in [5.74, 6) is 0.780. The maximum Gasteiger partial charge on any atom is 0.261 e. The van der Waals surface area contributed by atoms with Crippen LogP contribution in [0.4, 0.5) is 0 Å². The number of carbonyl (C=O) groups is 1. The fraction of sp³-hybridized carbons (Fsp3) is 0.389. The minimum Gasteiger partial charge on any atom is -0.357 e. The summed E-state index contributed by atoms with van der Waals surface area (Å²) in [5.41, 5.74) is 1.06. The van der Waals surface area contributed by atoms with Gasteiger partial charge in [-0.25, -0.2) is 0 Å². The van der Waals surface area contributed by atoms with E-state index in [1.54, 1.807) is 6.20 Å². The van der Waals surface area contributed by atoms with E-state index in [2.05, 4.69) is 25.9 Å². The van der Waals surface area contributed by atoms with E-state index in [4.69, 9.17) is 0 Å². The normalized spacial score (nSPS) is 11.2. The van der Waals surface area contributed by atoms with Gasteiger partial charge in [-0.1, -0.05) is 12.1 Å². The lowest BCUT2D eigenvalue weighted by molar-refractivity contribution is 0.0957. The van der Waals surface area contributed by atoms with Gasteiger partial charge in [-0.3, -0.25) is 14.8 Å². The molecule has 2 aromatic rings. The highest BCUT2D eigenvalue weighted by molar-refractivity contribution is 7.12. The Morgan fingerprint density at radius 2 is 2.08 bits per heavy atom. The van der Waals surface area contributed by atoms with Crippen LogP contribution in [0.1, 0.15) is 28.7 Å². The lowest BCUT2D eigenvalue weighted by atomic mass is 10.3. The number of carbonyl (C=O) groups excluding carboxylic acids is 1. The van der Waals surface area contributed by atoms with Crippen molar-refractivity contribution in [1.82, 2.24) is 20.9 Å². The van der Waals surface area contributed by atoms with Crippen molar-refractivity contribution < 1.29 is 4.79 Å². The van der Waals surface area contributed by atoms with Crippen LogP contribution >= 0.6 is 11.3 Å². The Morgan fingerprint density at radius 1 is 1.16 bits per heavy atom. The standard InChI is InChI=1S/C18H25N5OS/c1-2-19-18(23-13-9-15-7-3-4-10-20-15)22-12-6-11-21-17(24)16-8-5-14-25-16/h3-5,7-8,10,14H,2,6,9,11-13H2,1H3,(H,21,24)(H2,19,22,23). The highest BCUT2D eigenvalue weighted by Gasteiger charge is 2.04. The molecule has 3 N–H and O–H groups in total. The fourth-order valence-electron chi connectivity index (χ4n) is 2.16. The first-order valence-electron chi connectivity index (χ1n) is 8.53. The summed E-state index contributed by atoms with van der Waals surface area (Å²) in [7, 11) is 0. The van der Waals surface area contributed by atoms with Gasteiger partial charge < -0.3 is 16.0 Å². The zero-order valence-corrected chi connectivity index (χ0v) is 15.3. The zero-order chi connectivity index (χ0) is 17.7. The molecule has 2 heterocycles. The van der Waals surface area contributed by atoms with Gasteiger partial charge in [-0.05, 0) is 36.9 Å². The molecule has 0 spiro atoms. The van der Waals surface area contributed by atoms with Crippen molar-refractivity contribution in [3.63, 3.8) is 0 Å². The number of hydrogen-bond donors (Lipinski definition) is 3. The number of aromatic nitrogens is 1. The van der Waals surface area contributed by atoms with Crippen LogP contribution in [0.25, 0.3) is 0 Å². The Kier molecular flexibility index (Phi) is 8.48. The molecule has 0 atom stereocenters. The third kappa shape index (κ3) is 7.34. The molecule has 2 aromatic heterocycles. The van der Waals surface area contributed by atoms with Crippen LogP contribution in [0.15, 0.2) is 46.9 Å². The molecule has 0 bridgehead atoms. The number of amides is 1. The van der Waals surface area contributed by atoms with Crippen molar-refractivity contribution in [3.8, 4) is 0 Å². The fourth-order valence-corrected chi connectivity index (χ4v) is 2.80. The number of nitrogens with one attached hydrogen (secondary N) is 3. The van der Waals surface area contributed by atoms with Crippen molar-refractivity contribution in [2.75, 3.05) is 26.2 Å². The van der Waals surface area contributed by atoms with Crippen molar-refractivity contribution in [2.45, 2.75) is 19.8 Å². The molecular formula is C18H25N5OS. The van der Waals surface area contributed by atoms with Gasteiger partial charge in [-0.15, -0.1) is 11.3 Å². The van der Waals surface area contributed by atoms with Crippen LogP contribution in [0.3, 0.4) is 0 Å². The number of thiophene rings is 1. The summed E-state index contributed by atoms with van der Waals surface area (Å²) in [5, 5.41) is 11.3. The van der Waals surface area contributed by atoms with Crippen LogP contribution in [-0.4, -0.2) is 43.0 Å². The van der Waals surface area contributed by atoms with Gasteiger partial charge in [0.15, 0.2) is 5.96 Å². The molecule has 0 radical (unpaired) electrons. The second-order valence-electron chi connectivity index (χ2n) is 5.35. The predicted octanol–water partition coefficient (Wildman–Crippen LogP) is 2.06. The summed E-state index contributed by atoms with van der Waals surface area (Å²) in [4.78, 5) is 21.4. The number of pyridine rings is 1. The van der Waals surface area contributed by atoms with Gasteiger partial charge in [0.25, 0.3) is 5.91 Å². The molecule has 6 nitrogen and oxygen atoms in total. The molecule has 25 heavy (non-hydrogen) atoms. The summed E-state index contributed by atoms with van der Waals surface area (Å²) < 4.78 is 0. The molecule has 134 valence electrons. The van der Waals surface area contributed by atoms with E-state index in [0.717, 1.165) is 42.5 Å². The molecular weight excluding hydrogens is 334 g/mol. The van der Waals surface area contributed by atoms with Crippen molar-refractivity contribution in [1.29, 1.82) is 0 Å². The van der Waals surface area contributed by atoms with Gasteiger partial charge in [0.05, 0.1) is 4.88 Å². The number of aliphatic imine (C=N–C) groups is 1. The summed E-state index contributed by atoms with van der Waals surface area (Å²) in [6, 6.07) is 9.63. The van der Waals surface area contributed by atoms with E-state index < -0.39 is 0 Å². The largest absolute Gasteiger partial charge is 0.357 e. The second kappa shape index (κ2) is 11.2. The predicted molar refractivity (Wildman–Crippen MR) is 103 cm³/mol. The number of hydrogen-bond acceptors (Lipinski definition) is 4. The Morgan fingerprint density at radius 3 is 2.80 bits per heavy atom. The first-order chi connectivity index (χ1) is 12.3. The van der Waals surface area contributed by atoms with Gasteiger partial charge >= 0.3 is 0 Å². The lowest BCUT2D eigenvalue weighted by Gasteiger charge is -2.11. The van der Waals surface area contributed by atoms with Crippen LogP contribution < -0.4 is 16.0 Å². The van der Waals surface area contributed by atoms with Crippen LogP contribution in [-0.2, 0) is 6.42 Å². The third-order valence-corrected chi connectivity index (χ3v) is 4.25. The van der Waals surface area contributed by atoms with Crippen LogP contribution in [0.2, 0.25) is 0 Å². The highest BCUT2D eigenvalue weighted by Crippen LogP contribution is 2.07. The van der Waals surface area contributed by atoms with E-state index in [0.29, 0.717) is 13.1 Å². The lowest BCUT2D eigenvalue weighted by Crippen LogP contribution is -2.38. The SMILES string of the molecule is CCNC(=NCCCNC(=O)c1cccs1)NCCc1ccccn1.